The SMILES string of the molecule is CC/C=C\C/C=C\C/C=C\C/C=C\CCCCCCCCC(=O)OCC(COC1OC(C(=O)O)C(O)C(O)C1OC(=O)CCCC/C=C\C/C=C\C/C=C\C/C=C\CC)OC(=O)CCCCCCC/C=C\C/C=C\C/C=C\CC. The minimum atomic E-state index is -1.93. The van der Waals surface area contributed by atoms with Crippen LogP contribution >= 0.6 is 0 Å². The minimum absolute atomic E-state index is 0.00270. The van der Waals surface area contributed by atoms with E-state index in [0.717, 1.165) is 148 Å². The Morgan fingerprint density at radius 1 is 0.418 bits per heavy atom. The zero-order valence-corrected chi connectivity index (χ0v) is 48.8. The number of aliphatic hydroxyl groups excluding tert-OH is 2. The molecule has 0 aromatic heterocycles. The molecule has 6 atom stereocenters. The number of aliphatic carboxylic acids is 1. The Kier molecular flexibility index (Phi) is 48.7. The number of ether oxygens (including phenoxy) is 5. The number of allylic oxidation sites excluding steroid dienone is 22. The number of esters is 3. The predicted octanol–water partition coefficient (Wildman–Crippen LogP) is 15.8. The average molecular weight is 1100 g/mol. The highest BCUT2D eigenvalue weighted by molar-refractivity contribution is 5.74. The van der Waals surface area contributed by atoms with Gasteiger partial charge in [0.1, 0.15) is 18.8 Å². The average Bonchev–Trinajstić information content (AvgIpc) is 3.46. The van der Waals surface area contributed by atoms with Crippen molar-refractivity contribution in [3.05, 3.63) is 134 Å². The molecule has 1 aliphatic rings. The summed E-state index contributed by atoms with van der Waals surface area (Å²) in [5.41, 5.74) is 0. The maximum Gasteiger partial charge on any atom is 0.335 e. The van der Waals surface area contributed by atoms with Gasteiger partial charge in [0.15, 0.2) is 24.6 Å². The molecule has 1 saturated heterocycles. The van der Waals surface area contributed by atoms with Crippen LogP contribution in [-0.4, -0.2) is 89.2 Å². The quantitative estimate of drug-likeness (QED) is 0.0228. The summed E-state index contributed by atoms with van der Waals surface area (Å²) in [6.07, 6.45) is 62.7. The summed E-state index contributed by atoms with van der Waals surface area (Å²) >= 11 is 0. The number of carbonyl (C=O) groups excluding carboxylic acids is 3. The van der Waals surface area contributed by atoms with Crippen LogP contribution in [0.1, 0.15) is 213 Å². The molecule has 1 fully saturated rings. The van der Waals surface area contributed by atoms with Crippen LogP contribution in [0.3, 0.4) is 0 Å². The molecule has 0 amide bonds. The monoisotopic (exact) mass is 1100 g/mol. The normalized spacial score (nSPS) is 18.8. The fraction of sp³-hybridized carbons (Fsp3) is 0.612. The zero-order valence-electron chi connectivity index (χ0n) is 48.8. The molecule has 444 valence electrons. The first kappa shape index (κ1) is 71.9. The van der Waals surface area contributed by atoms with Gasteiger partial charge in [-0.25, -0.2) is 4.79 Å². The summed E-state index contributed by atoms with van der Waals surface area (Å²) in [6, 6.07) is 0. The Labute approximate surface area is 477 Å². The minimum Gasteiger partial charge on any atom is -0.479 e. The predicted molar refractivity (Wildman–Crippen MR) is 321 cm³/mol. The zero-order chi connectivity index (χ0) is 57.5. The van der Waals surface area contributed by atoms with E-state index in [0.29, 0.717) is 25.7 Å². The van der Waals surface area contributed by atoms with Crippen LogP contribution in [0, 0.1) is 0 Å². The van der Waals surface area contributed by atoms with Gasteiger partial charge in [-0.15, -0.1) is 0 Å². The summed E-state index contributed by atoms with van der Waals surface area (Å²) in [5, 5.41) is 31.5. The third-order valence-corrected chi connectivity index (χ3v) is 12.7. The molecule has 0 aromatic carbocycles. The number of hydrogen-bond donors (Lipinski definition) is 3. The molecular formula is C67H104O12. The van der Waals surface area contributed by atoms with Crippen LogP contribution in [0.25, 0.3) is 0 Å². The highest BCUT2D eigenvalue weighted by Crippen LogP contribution is 2.26. The van der Waals surface area contributed by atoms with E-state index >= 15 is 0 Å². The lowest BCUT2D eigenvalue weighted by atomic mass is 9.98. The summed E-state index contributed by atoms with van der Waals surface area (Å²) < 4.78 is 28.4. The third-order valence-electron chi connectivity index (χ3n) is 12.7. The molecule has 0 aliphatic carbocycles. The van der Waals surface area contributed by atoms with Crippen molar-refractivity contribution in [3.63, 3.8) is 0 Å². The largest absolute Gasteiger partial charge is 0.479 e. The van der Waals surface area contributed by atoms with Crippen LogP contribution in [0.5, 0.6) is 0 Å². The Bertz CT molecular complexity index is 1880. The second-order valence-corrected chi connectivity index (χ2v) is 19.8. The number of carbonyl (C=O) groups is 4. The number of carboxylic acids is 1. The molecule has 0 radical (unpaired) electrons. The number of carboxylic acid groups (broad SMARTS) is 1. The first-order chi connectivity index (χ1) is 38.6. The topological polar surface area (TPSA) is 175 Å². The van der Waals surface area contributed by atoms with Crippen LogP contribution in [-0.2, 0) is 42.9 Å². The summed E-state index contributed by atoms with van der Waals surface area (Å²) in [7, 11) is 0. The highest BCUT2D eigenvalue weighted by atomic mass is 16.7. The van der Waals surface area contributed by atoms with Gasteiger partial charge in [-0.3, -0.25) is 14.4 Å². The maximum absolute atomic E-state index is 13.2. The Balaban J connectivity index is 2.73. The highest BCUT2D eigenvalue weighted by Gasteiger charge is 2.50. The molecule has 1 rings (SSSR count). The molecule has 12 heteroatoms. The third kappa shape index (κ3) is 43.4. The second kappa shape index (κ2) is 53.5. The molecule has 12 nitrogen and oxygen atoms in total. The van der Waals surface area contributed by atoms with Gasteiger partial charge in [0, 0.05) is 19.3 Å². The molecule has 0 bridgehead atoms. The van der Waals surface area contributed by atoms with Crippen molar-refractivity contribution in [1.29, 1.82) is 0 Å². The standard InChI is InChI=1S/C67H104O12/c1-4-7-10-13-16-19-22-25-28-29-30-31-34-35-38-41-44-47-50-53-59(68)75-56-58(77-60(69)54-51-48-45-42-39-36-32-26-23-20-17-14-11-8-5-2)57-76-67-65(63(72)62(71)64(79-67)66(73)74)78-61(70)55-52-49-46-43-40-37-33-27-24-21-18-15-12-9-6-3/h7-12,16-21,25-28,30-33,40,43,58,62-65,67,71-72H,4-6,13-15,22-24,29,34-39,41-42,44-57H2,1-3H3,(H,73,74)/b10-7-,11-8-,12-9-,19-16-,20-17-,21-18-,28-25-,31-30-,32-26-,33-27-,43-40-. The van der Waals surface area contributed by atoms with Crippen LogP contribution < -0.4 is 0 Å². The van der Waals surface area contributed by atoms with E-state index in [1.54, 1.807) is 0 Å². The Morgan fingerprint density at radius 3 is 1.18 bits per heavy atom. The molecule has 0 spiro atoms. The first-order valence-corrected chi connectivity index (χ1v) is 30.2. The summed E-state index contributed by atoms with van der Waals surface area (Å²) in [5.74, 6) is -3.24. The van der Waals surface area contributed by atoms with Crippen molar-refractivity contribution < 1.29 is 58.2 Å². The van der Waals surface area contributed by atoms with Gasteiger partial charge in [-0.1, -0.05) is 199 Å². The molecule has 0 aromatic rings. The molecule has 3 N–H and O–H groups in total. The van der Waals surface area contributed by atoms with Gasteiger partial charge < -0.3 is 39.0 Å². The molecule has 1 heterocycles. The first-order valence-electron chi connectivity index (χ1n) is 30.2. The Hall–Kier alpha value is -5.14. The maximum atomic E-state index is 13.2. The van der Waals surface area contributed by atoms with E-state index in [2.05, 4.69) is 154 Å². The van der Waals surface area contributed by atoms with Crippen molar-refractivity contribution in [2.24, 2.45) is 0 Å². The van der Waals surface area contributed by atoms with Gasteiger partial charge in [0.25, 0.3) is 0 Å². The number of aliphatic hydroxyl groups is 2. The van der Waals surface area contributed by atoms with Crippen molar-refractivity contribution >= 4 is 23.9 Å². The lowest BCUT2D eigenvalue weighted by Crippen LogP contribution is -2.61. The van der Waals surface area contributed by atoms with E-state index in [-0.39, 0.29) is 25.9 Å². The van der Waals surface area contributed by atoms with Gasteiger partial charge >= 0.3 is 23.9 Å². The van der Waals surface area contributed by atoms with Crippen molar-refractivity contribution in [3.8, 4) is 0 Å². The summed E-state index contributed by atoms with van der Waals surface area (Å²) in [6.45, 7) is 5.60. The fourth-order valence-corrected chi connectivity index (χ4v) is 8.19. The molecular weight excluding hydrogens is 997 g/mol. The fourth-order valence-electron chi connectivity index (χ4n) is 8.19. The molecule has 1 aliphatic heterocycles. The van der Waals surface area contributed by atoms with Gasteiger partial charge in [0.2, 0.25) is 0 Å². The second-order valence-electron chi connectivity index (χ2n) is 19.8. The smallest absolute Gasteiger partial charge is 0.335 e. The lowest BCUT2D eigenvalue weighted by Gasteiger charge is -2.40. The van der Waals surface area contributed by atoms with Crippen molar-refractivity contribution in [2.75, 3.05) is 13.2 Å². The van der Waals surface area contributed by atoms with E-state index in [4.69, 9.17) is 23.7 Å². The number of unbranched alkanes of at least 4 members (excludes halogenated alkanes) is 13. The number of rotatable bonds is 49. The molecule has 0 saturated carbocycles. The van der Waals surface area contributed by atoms with E-state index in [1.807, 2.05) is 0 Å². The molecule has 79 heavy (non-hydrogen) atoms. The van der Waals surface area contributed by atoms with E-state index < -0.39 is 67.3 Å². The van der Waals surface area contributed by atoms with Crippen LogP contribution in [0.15, 0.2) is 134 Å². The lowest BCUT2D eigenvalue weighted by molar-refractivity contribution is -0.301. The van der Waals surface area contributed by atoms with Crippen molar-refractivity contribution in [2.45, 2.75) is 250 Å². The van der Waals surface area contributed by atoms with Crippen LogP contribution in [0.2, 0.25) is 0 Å². The summed E-state index contributed by atoms with van der Waals surface area (Å²) in [4.78, 5) is 51.2. The van der Waals surface area contributed by atoms with E-state index in [1.165, 1.54) is 0 Å². The van der Waals surface area contributed by atoms with E-state index in [9.17, 15) is 34.5 Å². The number of hydrogen-bond acceptors (Lipinski definition) is 11. The molecule has 6 unspecified atom stereocenters. The van der Waals surface area contributed by atoms with Crippen molar-refractivity contribution in [1.82, 2.24) is 0 Å². The van der Waals surface area contributed by atoms with Crippen LogP contribution in [0.4, 0.5) is 0 Å². The van der Waals surface area contributed by atoms with Gasteiger partial charge in [-0.05, 0) is 128 Å². The Morgan fingerprint density at radius 2 is 0.759 bits per heavy atom. The van der Waals surface area contributed by atoms with Gasteiger partial charge in [-0.2, -0.15) is 0 Å². The van der Waals surface area contributed by atoms with Gasteiger partial charge in [0.05, 0.1) is 6.61 Å².